The summed E-state index contributed by atoms with van der Waals surface area (Å²) in [4.78, 5) is 36.2. The fourth-order valence-corrected chi connectivity index (χ4v) is 3.50. The summed E-state index contributed by atoms with van der Waals surface area (Å²) in [5.41, 5.74) is 1.38. The van der Waals surface area contributed by atoms with Crippen molar-refractivity contribution < 1.29 is 24.2 Å². The summed E-state index contributed by atoms with van der Waals surface area (Å²) in [5, 5.41) is 14.8. The molecule has 2 aromatic rings. The number of carbonyl (C=O) groups is 3. The number of rotatable bonds is 6. The van der Waals surface area contributed by atoms with Crippen molar-refractivity contribution in [1.82, 2.24) is 0 Å². The molecule has 3 rings (SSSR count). The van der Waals surface area contributed by atoms with E-state index in [0.29, 0.717) is 16.9 Å². The second-order valence-corrected chi connectivity index (χ2v) is 7.08. The van der Waals surface area contributed by atoms with Crippen LogP contribution in [0, 0.1) is 5.92 Å². The van der Waals surface area contributed by atoms with Crippen molar-refractivity contribution in [2.75, 3.05) is 17.7 Å². The Morgan fingerprint density at radius 1 is 0.966 bits per heavy atom. The monoisotopic (exact) mass is 396 g/mol. The molecule has 1 saturated carbocycles. The van der Waals surface area contributed by atoms with Crippen molar-refractivity contribution in [3.63, 3.8) is 0 Å². The topological polar surface area (TPSA) is 105 Å². The summed E-state index contributed by atoms with van der Waals surface area (Å²) in [5.74, 6) is -1.30. The lowest BCUT2D eigenvalue weighted by Crippen LogP contribution is -2.24. The average molecular weight is 396 g/mol. The predicted octanol–water partition coefficient (Wildman–Crippen LogP) is 4.16. The molecule has 0 unspecified atom stereocenters. The zero-order chi connectivity index (χ0) is 20.8. The van der Waals surface area contributed by atoms with Gasteiger partial charge in [-0.05, 0) is 43.2 Å². The SMILES string of the molecule is COc1cc(NC(=O)c2cccc(NC(=O)C3CCCCC3)c2)ccc1C(=O)O. The van der Waals surface area contributed by atoms with Crippen molar-refractivity contribution in [1.29, 1.82) is 0 Å². The van der Waals surface area contributed by atoms with Crippen LogP contribution in [0.3, 0.4) is 0 Å². The van der Waals surface area contributed by atoms with Crippen LogP contribution in [0.4, 0.5) is 11.4 Å². The van der Waals surface area contributed by atoms with Crippen molar-refractivity contribution in [3.8, 4) is 5.75 Å². The number of hydrogen-bond donors (Lipinski definition) is 3. The summed E-state index contributed by atoms with van der Waals surface area (Å²) in [6.45, 7) is 0. The molecule has 152 valence electrons. The van der Waals surface area contributed by atoms with Crippen LogP contribution < -0.4 is 15.4 Å². The fraction of sp³-hybridized carbons (Fsp3) is 0.318. The van der Waals surface area contributed by atoms with E-state index < -0.39 is 5.97 Å². The van der Waals surface area contributed by atoms with Gasteiger partial charge in [-0.15, -0.1) is 0 Å². The van der Waals surface area contributed by atoms with E-state index in [-0.39, 0.29) is 29.0 Å². The average Bonchev–Trinajstić information content (AvgIpc) is 2.74. The number of ether oxygens (including phenoxy) is 1. The van der Waals surface area contributed by atoms with Crippen molar-refractivity contribution in [2.24, 2.45) is 5.92 Å². The molecular weight excluding hydrogens is 372 g/mol. The van der Waals surface area contributed by atoms with Gasteiger partial charge in [-0.2, -0.15) is 0 Å². The molecule has 1 fully saturated rings. The molecule has 1 aliphatic carbocycles. The van der Waals surface area contributed by atoms with Crippen LogP contribution in [0.2, 0.25) is 0 Å². The van der Waals surface area contributed by atoms with Crippen LogP contribution in [0.1, 0.15) is 52.8 Å². The fourth-order valence-electron chi connectivity index (χ4n) is 3.50. The Morgan fingerprint density at radius 3 is 2.38 bits per heavy atom. The molecular formula is C22H24N2O5. The Labute approximate surface area is 169 Å². The highest BCUT2D eigenvalue weighted by Gasteiger charge is 2.21. The second-order valence-electron chi connectivity index (χ2n) is 7.08. The number of anilines is 2. The van der Waals surface area contributed by atoms with Gasteiger partial charge in [0, 0.05) is 28.9 Å². The van der Waals surface area contributed by atoms with Crippen LogP contribution >= 0.6 is 0 Å². The van der Waals surface area contributed by atoms with Gasteiger partial charge in [0.25, 0.3) is 5.91 Å². The third-order valence-electron chi connectivity index (χ3n) is 5.06. The highest BCUT2D eigenvalue weighted by molar-refractivity contribution is 6.06. The molecule has 7 heteroatoms. The summed E-state index contributed by atoms with van der Waals surface area (Å²) >= 11 is 0. The van der Waals surface area contributed by atoms with E-state index in [2.05, 4.69) is 10.6 Å². The first kappa shape index (κ1) is 20.4. The maximum atomic E-state index is 12.6. The minimum Gasteiger partial charge on any atom is -0.496 e. The van der Waals surface area contributed by atoms with Crippen LogP contribution in [0.25, 0.3) is 0 Å². The maximum absolute atomic E-state index is 12.6. The number of hydrogen-bond acceptors (Lipinski definition) is 4. The number of methoxy groups -OCH3 is 1. The number of carbonyl (C=O) groups excluding carboxylic acids is 2. The molecule has 3 N–H and O–H groups in total. The van der Waals surface area contributed by atoms with Gasteiger partial charge in [0.1, 0.15) is 11.3 Å². The van der Waals surface area contributed by atoms with Crippen LogP contribution in [0.15, 0.2) is 42.5 Å². The Bertz CT molecular complexity index is 919. The molecule has 0 saturated heterocycles. The van der Waals surface area contributed by atoms with Crippen molar-refractivity contribution >= 4 is 29.2 Å². The Hall–Kier alpha value is -3.35. The lowest BCUT2D eigenvalue weighted by molar-refractivity contribution is -0.120. The van der Waals surface area contributed by atoms with E-state index in [1.165, 1.54) is 31.7 Å². The minimum atomic E-state index is -1.11. The van der Waals surface area contributed by atoms with Gasteiger partial charge in [-0.3, -0.25) is 9.59 Å². The molecule has 0 atom stereocenters. The normalized spacial score (nSPS) is 14.1. The molecule has 0 spiro atoms. The van der Waals surface area contributed by atoms with E-state index in [1.54, 1.807) is 24.3 Å². The smallest absolute Gasteiger partial charge is 0.339 e. The zero-order valence-electron chi connectivity index (χ0n) is 16.2. The largest absolute Gasteiger partial charge is 0.496 e. The third kappa shape index (κ3) is 5.13. The Kier molecular flexibility index (Phi) is 6.49. The standard InChI is InChI=1S/C22H24N2O5/c1-29-19-13-17(10-11-18(19)22(27)28)24-21(26)15-8-5-9-16(12-15)23-20(25)14-6-3-2-4-7-14/h5,8-14H,2-4,6-7H2,1H3,(H,23,25)(H,24,26)(H,27,28). The molecule has 0 bridgehead atoms. The predicted molar refractivity (Wildman–Crippen MR) is 110 cm³/mol. The Balaban J connectivity index is 1.69. The molecule has 0 aromatic heterocycles. The summed E-state index contributed by atoms with van der Waals surface area (Å²) < 4.78 is 5.08. The highest BCUT2D eigenvalue weighted by atomic mass is 16.5. The van der Waals surface area contributed by atoms with Crippen molar-refractivity contribution in [2.45, 2.75) is 32.1 Å². The quantitative estimate of drug-likeness (QED) is 0.680. The van der Waals surface area contributed by atoms with Crippen LogP contribution in [0.5, 0.6) is 5.75 Å². The molecule has 2 aromatic carbocycles. The number of carboxylic acid groups (broad SMARTS) is 1. The first-order valence-electron chi connectivity index (χ1n) is 9.61. The van der Waals surface area contributed by atoms with E-state index in [0.717, 1.165) is 25.7 Å². The van der Waals surface area contributed by atoms with E-state index in [9.17, 15) is 14.4 Å². The first-order chi connectivity index (χ1) is 14.0. The summed E-state index contributed by atoms with van der Waals surface area (Å²) in [6.07, 6.45) is 5.13. The molecule has 2 amide bonds. The van der Waals surface area contributed by atoms with E-state index in [1.807, 2.05) is 0 Å². The minimum absolute atomic E-state index is 0.00347. The van der Waals surface area contributed by atoms with Gasteiger partial charge in [0.05, 0.1) is 7.11 Å². The number of amides is 2. The van der Waals surface area contributed by atoms with Crippen LogP contribution in [-0.4, -0.2) is 30.0 Å². The van der Waals surface area contributed by atoms with Gasteiger partial charge >= 0.3 is 5.97 Å². The van der Waals surface area contributed by atoms with Gasteiger partial charge in [0.15, 0.2) is 0 Å². The molecule has 0 heterocycles. The third-order valence-corrected chi connectivity index (χ3v) is 5.06. The van der Waals surface area contributed by atoms with Gasteiger partial charge in [-0.25, -0.2) is 4.79 Å². The van der Waals surface area contributed by atoms with E-state index in [4.69, 9.17) is 9.84 Å². The first-order valence-corrected chi connectivity index (χ1v) is 9.61. The number of nitrogens with one attached hydrogen (secondary N) is 2. The molecule has 0 aliphatic heterocycles. The molecule has 1 aliphatic rings. The lowest BCUT2D eigenvalue weighted by atomic mass is 9.88. The summed E-state index contributed by atoms with van der Waals surface area (Å²) in [6, 6.07) is 11.1. The zero-order valence-corrected chi connectivity index (χ0v) is 16.2. The maximum Gasteiger partial charge on any atom is 0.339 e. The van der Waals surface area contributed by atoms with Gasteiger partial charge in [0.2, 0.25) is 5.91 Å². The van der Waals surface area contributed by atoms with Crippen LogP contribution in [-0.2, 0) is 4.79 Å². The van der Waals surface area contributed by atoms with E-state index >= 15 is 0 Å². The summed E-state index contributed by atoms with van der Waals surface area (Å²) in [7, 11) is 1.37. The highest BCUT2D eigenvalue weighted by Crippen LogP contribution is 2.26. The van der Waals surface area contributed by atoms with Crippen molar-refractivity contribution in [3.05, 3.63) is 53.6 Å². The van der Waals surface area contributed by atoms with Gasteiger partial charge < -0.3 is 20.5 Å². The number of benzene rings is 2. The Morgan fingerprint density at radius 2 is 1.69 bits per heavy atom. The molecule has 29 heavy (non-hydrogen) atoms. The van der Waals surface area contributed by atoms with Gasteiger partial charge in [-0.1, -0.05) is 25.3 Å². The second kappa shape index (κ2) is 9.23. The molecule has 0 radical (unpaired) electrons. The molecule has 7 nitrogen and oxygen atoms in total. The number of carboxylic acids is 1. The number of aromatic carboxylic acids is 1. The lowest BCUT2D eigenvalue weighted by Gasteiger charge is -2.20.